The van der Waals surface area contributed by atoms with Crippen molar-refractivity contribution in [2.45, 2.75) is 46.5 Å². The standard InChI is InChI=1S/C12H23NO2/c1-4-6-7-8-9-15-10-11(3)12(14)13-5-2/h10H,4-9H2,1-3H3,(H,13,14). The minimum Gasteiger partial charge on any atom is -0.501 e. The van der Waals surface area contributed by atoms with Gasteiger partial charge in [0.05, 0.1) is 12.9 Å². The van der Waals surface area contributed by atoms with Crippen LogP contribution in [0.4, 0.5) is 0 Å². The normalized spacial score (nSPS) is 11.3. The molecule has 15 heavy (non-hydrogen) atoms. The average Bonchev–Trinajstić information content (AvgIpc) is 2.23. The summed E-state index contributed by atoms with van der Waals surface area (Å²) in [5, 5.41) is 2.72. The number of nitrogens with one attached hydrogen (secondary N) is 1. The molecule has 0 aromatic heterocycles. The first-order valence-electron chi connectivity index (χ1n) is 5.78. The van der Waals surface area contributed by atoms with Crippen LogP contribution in [0.5, 0.6) is 0 Å². The van der Waals surface area contributed by atoms with E-state index in [1.54, 1.807) is 13.2 Å². The van der Waals surface area contributed by atoms with Crippen LogP contribution in [0, 0.1) is 0 Å². The molecule has 0 unspecified atom stereocenters. The summed E-state index contributed by atoms with van der Waals surface area (Å²) in [5.41, 5.74) is 0.632. The van der Waals surface area contributed by atoms with Crippen molar-refractivity contribution >= 4 is 5.91 Å². The molecule has 1 N–H and O–H groups in total. The van der Waals surface area contributed by atoms with Gasteiger partial charge in [-0.1, -0.05) is 26.2 Å². The summed E-state index contributed by atoms with van der Waals surface area (Å²) >= 11 is 0. The molecule has 3 nitrogen and oxygen atoms in total. The number of carbonyl (C=O) groups is 1. The van der Waals surface area contributed by atoms with Gasteiger partial charge in [-0.2, -0.15) is 0 Å². The summed E-state index contributed by atoms with van der Waals surface area (Å²) in [6.45, 7) is 7.20. The second kappa shape index (κ2) is 9.56. The topological polar surface area (TPSA) is 38.3 Å². The predicted molar refractivity (Wildman–Crippen MR) is 62.5 cm³/mol. The van der Waals surface area contributed by atoms with E-state index in [0.29, 0.717) is 18.7 Å². The highest BCUT2D eigenvalue weighted by Gasteiger charge is 2.01. The number of hydrogen-bond donors (Lipinski definition) is 1. The molecule has 88 valence electrons. The SMILES string of the molecule is CCCCCCOC=C(C)C(=O)NCC. The van der Waals surface area contributed by atoms with Gasteiger partial charge in [0.2, 0.25) is 5.91 Å². The highest BCUT2D eigenvalue weighted by molar-refractivity contribution is 5.92. The predicted octanol–water partition coefficient (Wildman–Crippen LogP) is 2.62. The van der Waals surface area contributed by atoms with Crippen LogP contribution in [0.25, 0.3) is 0 Å². The fourth-order valence-electron chi connectivity index (χ4n) is 1.15. The summed E-state index contributed by atoms with van der Waals surface area (Å²) in [4.78, 5) is 11.2. The lowest BCUT2D eigenvalue weighted by molar-refractivity contribution is -0.117. The van der Waals surface area contributed by atoms with Gasteiger partial charge in [-0.25, -0.2) is 0 Å². The van der Waals surface area contributed by atoms with E-state index in [4.69, 9.17) is 4.74 Å². The van der Waals surface area contributed by atoms with Crippen molar-refractivity contribution in [2.75, 3.05) is 13.2 Å². The van der Waals surface area contributed by atoms with E-state index in [1.165, 1.54) is 19.3 Å². The molecule has 3 heteroatoms. The van der Waals surface area contributed by atoms with Crippen LogP contribution in [0.1, 0.15) is 46.5 Å². The Balaban J connectivity index is 3.53. The first-order chi connectivity index (χ1) is 7.22. The third-order valence-electron chi connectivity index (χ3n) is 2.07. The maximum absolute atomic E-state index is 11.2. The lowest BCUT2D eigenvalue weighted by Crippen LogP contribution is -2.23. The third kappa shape index (κ3) is 8.03. The maximum Gasteiger partial charge on any atom is 0.249 e. The molecule has 0 atom stereocenters. The molecule has 0 aromatic rings. The number of carbonyl (C=O) groups excluding carboxylic acids is 1. The van der Waals surface area contributed by atoms with Crippen LogP contribution in [-0.2, 0) is 9.53 Å². The Morgan fingerprint density at radius 1 is 1.27 bits per heavy atom. The first kappa shape index (κ1) is 14.0. The molecule has 0 fully saturated rings. The van der Waals surface area contributed by atoms with Crippen molar-refractivity contribution in [3.05, 3.63) is 11.8 Å². The van der Waals surface area contributed by atoms with Gasteiger partial charge in [-0.05, 0) is 20.3 Å². The van der Waals surface area contributed by atoms with Gasteiger partial charge in [0.25, 0.3) is 0 Å². The van der Waals surface area contributed by atoms with Crippen molar-refractivity contribution in [1.29, 1.82) is 0 Å². The van der Waals surface area contributed by atoms with Gasteiger partial charge in [-0.15, -0.1) is 0 Å². The summed E-state index contributed by atoms with van der Waals surface area (Å²) in [6.07, 6.45) is 6.30. The fourth-order valence-corrected chi connectivity index (χ4v) is 1.15. The lowest BCUT2D eigenvalue weighted by atomic mass is 10.2. The minimum atomic E-state index is -0.0499. The third-order valence-corrected chi connectivity index (χ3v) is 2.07. The molecule has 0 rings (SSSR count). The summed E-state index contributed by atoms with van der Waals surface area (Å²) in [6, 6.07) is 0. The van der Waals surface area contributed by atoms with Crippen molar-refractivity contribution < 1.29 is 9.53 Å². The van der Waals surface area contributed by atoms with Gasteiger partial charge in [-0.3, -0.25) is 4.79 Å². The molecule has 0 saturated heterocycles. The maximum atomic E-state index is 11.2. The summed E-state index contributed by atoms with van der Waals surface area (Å²) < 4.78 is 5.29. The van der Waals surface area contributed by atoms with Crippen LogP contribution in [0.2, 0.25) is 0 Å². The van der Waals surface area contributed by atoms with Crippen LogP contribution >= 0.6 is 0 Å². The monoisotopic (exact) mass is 213 g/mol. The zero-order valence-electron chi connectivity index (χ0n) is 10.1. The van der Waals surface area contributed by atoms with Gasteiger partial charge < -0.3 is 10.1 Å². The van der Waals surface area contributed by atoms with E-state index < -0.39 is 0 Å². The number of amides is 1. The van der Waals surface area contributed by atoms with Gasteiger partial charge in [0.15, 0.2) is 0 Å². The molecule has 0 aliphatic rings. The van der Waals surface area contributed by atoms with Crippen LogP contribution in [0.3, 0.4) is 0 Å². The first-order valence-corrected chi connectivity index (χ1v) is 5.78. The number of ether oxygens (including phenoxy) is 1. The number of unbranched alkanes of at least 4 members (excludes halogenated alkanes) is 3. The molecule has 0 heterocycles. The van der Waals surface area contributed by atoms with Crippen molar-refractivity contribution in [2.24, 2.45) is 0 Å². The van der Waals surface area contributed by atoms with Crippen molar-refractivity contribution in [3.8, 4) is 0 Å². The van der Waals surface area contributed by atoms with Gasteiger partial charge in [0, 0.05) is 12.1 Å². The lowest BCUT2D eigenvalue weighted by Gasteiger charge is -2.03. The number of hydrogen-bond acceptors (Lipinski definition) is 2. The molecule has 0 aromatic carbocycles. The summed E-state index contributed by atoms with van der Waals surface area (Å²) in [7, 11) is 0. The molecule has 0 radical (unpaired) electrons. The van der Waals surface area contributed by atoms with E-state index >= 15 is 0 Å². The molecule has 1 amide bonds. The number of likely N-dealkylation sites (N-methyl/N-ethyl adjacent to an activating group) is 1. The van der Waals surface area contributed by atoms with E-state index in [0.717, 1.165) is 6.42 Å². The summed E-state index contributed by atoms with van der Waals surface area (Å²) in [5.74, 6) is -0.0499. The molecule has 0 saturated carbocycles. The minimum absolute atomic E-state index is 0.0499. The second-order valence-electron chi connectivity index (χ2n) is 3.59. The Morgan fingerprint density at radius 2 is 2.00 bits per heavy atom. The molecular formula is C12H23NO2. The highest BCUT2D eigenvalue weighted by atomic mass is 16.5. The molecule has 0 bridgehead atoms. The van der Waals surface area contributed by atoms with Crippen LogP contribution < -0.4 is 5.32 Å². The zero-order valence-corrected chi connectivity index (χ0v) is 10.1. The van der Waals surface area contributed by atoms with E-state index in [9.17, 15) is 4.79 Å². The highest BCUT2D eigenvalue weighted by Crippen LogP contribution is 2.00. The van der Waals surface area contributed by atoms with E-state index in [2.05, 4.69) is 12.2 Å². The second-order valence-corrected chi connectivity index (χ2v) is 3.59. The Hall–Kier alpha value is -0.990. The largest absolute Gasteiger partial charge is 0.501 e. The van der Waals surface area contributed by atoms with Gasteiger partial charge >= 0.3 is 0 Å². The fraction of sp³-hybridized carbons (Fsp3) is 0.750. The van der Waals surface area contributed by atoms with E-state index in [-0.39, 0.29) is 5.91 Å². The molecule has 0 aliphatic heterocycles. The Bertz CT molecular complexity index is 200. The Morgan fingerprint density at radius 3 is 2.60 bits per heavy atom. The van der Waals surface area contributed by atoms with Gasteiger partial charge in [0.1, 0.15) is 0 Å². The van der Waals surface area contributed by atoms with Crippen LogP contribution in [-0.4, -0.2) is 19.1 Å². The van der Waals surface area contributed by atoms with Crippen molar-refractivity contribution in [3.63, 3.8) is 0 Å². The van der Waals surface area contributed by atoms with Crippen molar-refractivity contribution in [1.82, 2.24) is 5.32 Å². The quantitative estimate of drug-likeness (QED) is 0.382. The average molecular weight is 213 g/mol. The molecule has 0 spiro atoms. The zero-order chi connectivity index (χ0) is 11.5. The number of rotatable bonds is 8. The molecular weight excluding hydrogens is 190 g/mol. The smallest absolute Gasteiger partial charge is 0.249 e. The van der Waals surface area contributed by atoms with Crippen LogP contribution in [0.15, 0.2) is 11.8 Å². The molecule has 0 aliphatic carbocycles. The Kier molecular flexibility index (Phi) is 8.93. The van der Waals surface area contributed by atoms with E-state index in [1.807, 2.05) is 6.92 Å². The Labute approximate surface area is 92.9 Å².